The maximum Gasteiger partial charge on any atom is -0.0146 e. The summed E-state index contributed by atoms with van der Waals surface area (Å²) in [5.74, 6) is 4.61. The van der Waals surface area contributed by atoms with E-state index in [1.165, 1.54) is 32.1 Å². The van der Waals surface area contributed by atoms with Crippen molar-refractivity contribution in [1.82, 2.24) is 0 Å². The van der Waals surface area contributed by atoms with Crippen molar-refractivity contribution < 1.29 is 0 Å². The van der Waals surface area contributed by atoms with Gasteiger partial charge < -0.3 is 0 Å². The Labute approximate surface area is 95.1 Å². The molecule has 0 bridgehead atoms. The normalized spacial score (nSPS) is 40.9. The molecule has 2 aliphatic rings. The average molecular weight is 206 g/mol. The molecule has 4 unspecified atom stereocenters. The van der Waals surface area contributed by atoms with Crippen LogP contribution in [0.4, 0.5) is 0 Å². The Morgan fingerprint density at radius 3 is 2.67 bits per heavy atom. The fourth-order valence-electron chi connectivity index (χ4n) is 3.99. The van der Waals surface area contributed by atoms with Crippen LogP contribution in [-0.2, 0) is 0 Å². The fraction of sp³-hybridized carbons (Fsp3) is 0.867. The van der Waals surface area contributed by atoms with Crippen LogP contribution in [-0.4, -0.2) is 0 Å². The van der Waals surface area contributed by atoms with Crippen LogP contribution in [0.25, 0.3) is 0 Å². The predicted octanol–water partition coefficient (Wildman–Crippen LogP) is 4.66. The summed E-state index contributed by atoms with van der Waals surface area (Å²) in [5.41, 5.74) is 1.58. The van der Waals surface area contributed by atoms with E-state index in [4.69, 9.17) is 0 Å². The van der Waals surface area contributed by atoms with Gasteiger partial charge in [0.25, 0.3) is 0 Å². The van der Waals surface area contributed by atoms with E-state index in [-0.39, 0.29) is 0 Å². The zero-order valence-electron chi connectivity index (χ0n) is 10.6. The van der Waals surface area contributed by atoms with Gasteiger partial charge in [-0.15, -0.1) is 0 Å². The molecule has 4 atom stereocenters. The lowest BCUT2D eigenvalue weighted by Gasteiger charge is -2.40. The number of rotatable bonds is 2. The SMILES string of the molecule is C=C1CCC2CCC(C)C(CC(C)C)C12. The molecule has 0 N–H and O–H groups in total. The highest BCUT2D eigenvalue weighted by Crippen LogP contribution is 2.51. The van der Waals surface area contributed by atoms with Crippen LogP contribution in [0.3, 0.4) is 0 Å². The van der Waals surface area contributed by atoms with Crippen molar-refractivity contribution >= 4 is 0 Å². The maximum absolute atomic E-state index is 4.33. The second-order valence-electron chi connectivity index (χ2n) is 6.33. The Morgan fingerprint density at radius 2 is 2.00 bits per heavy atom. The molecule has 0 aliphatic heterocycles. The molecular weight excluding hydrogens is 180 g/mol. The molecule has 0 saturated heterocycles. The molecule has 0 heterocycles. The Balaban J connectivity index is 2.12. The van der Waals surface area contributed by atoms with Crippen LogP contribution in [0.15, 0.2) is 12.2 Å². The summed E-state index contributed by atoms with van der Waals surface area (Å²) in [6.07, 6.45) is 7.11. The largest absolute Gasteiger partial charge is 0.0996 e. The molecule has 86 valence electrons. The smallest absolute Gasteiger partial charge is 0.0146 e. The van der Waals surface area contributed by atoms with Crippen LogP contribution >= 0.6 is 0 Å². The van der Waals surface area contributed by atoms with Crippen molar-refractivity contribution in [1.29, 1.82) is 0 Å². The van der Waals surface area contributed by atoms with E-state index in [0.717, 1.165) is 29.6 Å². The number of fused-ring (bicyclic) bond motifs is 1. The second kappa shape index (κ2) is 4.31. The molecule has 15 heavy (non-hydrogen) atoms. The summed E-state index contributed by atoms with van der Waals surface area (Å²) in [6, 6.07) is 0. The molecule has 0 aromatic rings. The zero-order chi connectivity index (χ0) is 11.0. The summed E-state index contributed by atoms with van der Waals surface area (Å²) in [6.45, 7) is 11.5. The molecule has 0 radical (unpaired) electrons. The van der Waals surface area contributed by atoms with Gasteiger partial charge >= 0.3 is 0 Å². The minimum Gasteiger partial charge on any atom is -0.0996 e. The molecule has 2 rings (SSSR count). The first kappa shape index (κ1) is 11.2. The van der Waals surface area contributed by atoms with Crippen molar-refractivity contribution in [2.45, 2.75) is 52.9 Å². The monoisotopic (exact) mass is 206 g/mol. The zero-order valence-corrected chi connectivity index (χ0v) is 10.6. The van der Waals surface area contributed by atoms with Crippen molar-refractivity contribution in [2.24, 2.45) is 29.6 Å². The average Bonchev–Trinajstić information content (AvgIpc) is 2.52. The van der Waals surface area contributed by atoms with Gasteiger partial charge in [0, 0.05) is 0 Å². The number of hydrogen-bond acceptors (Lipinski definition) is 0. The first-order chi connectivity index (χ1) is 7.09. The summed E-state index contributed by atoms with van der Waals surface area (Å²) in [5, 5.41) is 0. The third kappa shape index (κ3) is 2.14. The Bertz CT molecular complexity index is 238. The lowest BCUT2D eigenvalue weighted by Crippen LogP contribution is -2.32. The minimum absolute atomic E-state index is 0.851. The van der Waals surface area contributed by atoms with Crippen molar-refractivity contribution in [3.05, 3.63) is 12.2 Å². The number of allylic oxidation sites excluding steroid dienone is 1. The van der Waals surface area contributed by atoms with Gasteiger partial charge in [0.05, 0.1) is 0 Å². The van der Waals surface area contributed by atoms with Crippen LogP contribution in [0, 0.1) is 29.6 Å². The van der Waals surface area contributed by atoms with E-state index in [1.807, 2.05) is 0 Å². The molecule has 0 aromatic heterocycles. The lowest BCUT2D eigenvalue weighted by atomic mass is 9.65. The summed E-state index contributed by atoms with van der Waals surface area (Å²) >= 11 is 0. The molecular formula is C15H26. The highest BCUT2D eigenvalue weighted by atomic mass is 14.5. The minimum atomic E-state index is 0.851. The van der Waals surface area contributed by atoms with E-state index in [1.54, 1.807) is 5.57 Å². The quantitative estimate of drug-likeness (QED) is 0.576. The molecule has 0 heteroatoms. The highest BCUT2D eigenvalue weighted by Gasteiger charge is 2.41. The summed E-state index contributed by atoms with van der Waals surface area (Å²) in [7, 11) is 0. The molecule has 2 fully saturated rings. The van der Waals surface area contributed by atoms with Gasteiger partial charge in [-0.2, -0.15) is 0 Å². The maximum atomic E-state index is 4.33. The third-order valence-corrected chi connectivity index (χ3v) is 4.74. The van der Waals surface area contributed by atoms with Gasteiger partial charge in [-0.3, -0.25) is 0 Å². The van der Waals surface area contributed by atoms with Gasteiger partial charge in [-0.1, -0.05) is 39.3 Å². The molecule has 0 nitrogen and oxygen atoms in total. The van der Waals surface area contributed by atoms with E-state index < -0.39 is 0 Å². The fourth-order valence-corrected chi connectivity index (χ4v) is 3.99. The van der Waals surface area contributed by atoms with E-state index in [9.17, 15) is 0 Å². The summed E-state index contributed by atoms with van der Waals surface area (Å²) in [4.78, 5) is 0. The standard InChI is InChI=1S/C15H26/c1-10(2)9-14-11(3)5-7-13-8-6-12(4)15(13)14/h10-11,13-15H,4-9H2,1-3H3. The molecule has 2 saturated carbocycles. The van der Waals surface area contributed by atoms with Gasteiger partial charge in [0.15, 0.2) is 0 Å². The van der Waals surface area contributed by atoms with Gasteiger partial charge in [-0.25, -0.2) is 0 Å². The van der Waals surface area contributed by atoms with E-state index >= 15 is 0 Å². The van der Waals surface area contributed by atoms with E-state index in [0.29, 0.717) is 0 Å². The van der Waals surface area contributed by atoms with Crippen molar-refractivity contribution in [3.8, 4) is 0 Å². The van der Waals surface area contributed by atoms with Crippen LogP contribution in [0.2, 0.25) is 0 Å². The van der Waals surface area contributed by atoms with Crippen LogP contribution < -0.4 is 0 Å². The lowest BCUT2D eigenvalue weighted by molar-refractivity contribution is 0.122. The second-order valence-corrected chi connectivity index (χ2v) is 6.33. The summed E-state index contributed by atoms with van der Waals surface area (Å²) < 4.78 is 0. The predicted molar refractivity (Wildman–Crippen MR) is 66.7 cm³/mol. The van der Waals surface area contributed by atoms with Crippen LogP contribution in [0.1, 0.15) is 52.9 Å². The first-order valence-electron chi connectivity index (χ1n) is 6.77. The van der Waals surface area contributed by atoms with E-state index in [2.05, 4.69) is 27.4 Å². The van der Waals surface area contributed by atoms with Gasteiger partial charge in [0.1, 0.15) is 0 Å². The molecule has 2 aliphatic carbocycles. The molecule has 0 aromatic carbocycles. The molecule has 0 amide bonds. The number of hydrogen-bond donors (Lipinski definition) is 0. The van der Waals surface area contributed by atoms with Crippen LogP contribution in [0.5, 0.6) is 0 Å². The molecule has 0 spiro atoms. The van der Waals surface area contributed by atoms with Crippen molar-refractivity contribution in [2.75, 3.05) is 0 Å². The highest BCUT2D eigenvalue weighted by molar-refractivity contribution is 5.13. The van der Waals surface area contributed by atoms with Gasteiger partial charge in [-0.05, 0) is 55.3 Å². The third-order valence-electron chi connectivity index (χ3n) is 4.74. The van der Waals surface area contributed by atoms with Gasteiger partial charge in [0.2, 0.25) is 0 Å². The topological polar surface area (TPSA) is 0 Å². The Kier molecular flexibility index (Phi) is 3.23. The Morgan fingerprint density at radius 1 is 1.27 bits per heavy atom. The Hall–Kier alpha value is -0.260. The first-order valence-corrected chi connectivity index (χ1v) is 6.77. The van der Waals surface area contributed by atoms with Crippen molar-refractivity contribution in [3.63, 3.8) is 0 Å².